The maximum absolute atomic E-state index is 9.75. The molecule has 0 aliphatic carbocycles. The Balaban J connectivity index is 0.000000325. The van der Waals surface area contributed by atoms with E-state index in [1.54, 1.807) is 6.08 Å². The standard InChI is InChI=1S/C9H10O.C4H6O2/c10-8-4-7-9-5-2-1-3-6-9;1-3-6-4(2)5/h1-7,10H,8H2;3H,1H2,2H3. The van der Waals surface area contributed by atoms with Crippen molar-refractivity contribution in [2.45, 2.75) is 6.92 Å². The fourth-order valence-electron chi connectivity index (χ4n) is 0.870. The number of benzene rings is 1. The molecule has 0 aliphatic rings. The molecule has 86 valence electrons. The Kier molecular flexibility index (Phi) is 8.55. The SMILES string of the molecule is C=COC(C)=O.OCC=Cc1ccccc1. The second-order valence-corrected chi connectivity index (χ2v) is 2.77. The molecule has 1 rings (SSSR count). The smallest absolute Gasteiger partial charge is 0.307 e. The molecule has 1 aromatic carbocycles. The van der Waals surface area contributed by atoms with Crippen LogP contribution < -0.4 is 0 Å². The first-order chi connectivity index (χ1) is 7.70. The Hall–Kier alpha value is -1.87. The van der Waals surface area contributed by atoms with E-state index in [1.807, 2.05) is 36.4 Å². The summed E-state index contributed by atoms with van der Waals surface area (Å²) >= 11 is 0. The highest BCUT2D eigenvalue weighted by Crippen LogP contribution is 1.99. The minimum atomic E-state index is -0.329. The van der Waals surface area contributed by atoms with Crippen LogP contribution >= 0.6 is 0 Å². The summed E-state index contributed by atoms with van der Waals surface area (Å²) in [7, 11) is 0. The molecule has 0 aromatic heterocycles. The number of aliphatic hydroxyl groups excluding tert-OH is 1. The molecule has 0 saturated heterocycles. The lowest BCUT2D eigenvalue weighted by Crippen LogP contribution is -1.87. The zero-order valence-corrected chi connectivity index (χ0v) is 9.30. The van der Waals surface area contributed by atoms with Gasteiger partial charge in [-0.25, -0.2) is 0 Å². The zero-order chi connectivity index (χ0) is 12.2. The van der Waals surface area contributed by atoms with Gasteiger partial charge in [0.1, 0.15) is 0 Å². The first kappa shape index (κ1) is 14.1. The molecule has 0 amide bonds. The number of esters is 1. The largest absolute Gasteiger partial charge is 0.435 e. The lowest BCUT2D eigenvalue weighted by Gasteiger charge is -1.88. The number of rotatable bonds is 3. The summed E-state index contributed by atoms with van der Waals surface area (Å²) in [6.45, 7) is 4.58. The van der Waals surface area contributed by atoms with Gasteiger partial charge in [-0.05, 0) is 5.56 Å². The molecular weight excluding hydrogens is 204 g/mol. The zero-order valence-electron chi connectivity index (χ0n) is 9.30. The van der Waals surface area contributed by atoms with Crippen LogP contribution in [0.2, 0.25) is 0 Å². The van der Waals surface area contributed by atoms with E-state index in [-0.39, 0.29) is 12.6 Å². The van der Waals surface area contributed by atoms with Crippen LogP contribution in [0.5, 0.6) is 0 Å². The van der Waals surface area contributed by atoms with Gasteiger partial charge in [0.25, 0.3) is 0 Å². The number of hydrogen-bond acceptors (Lipinski definition) is 3. The van der Waals surface area contributed by atoms with Crippen molar-refractivity contribution in [2.24, 2.45) is 0 Å². The summed E-state index contributed by atoms with van der Waals surface area (Å²) in [5, 5.41) is 8.44. The van der Waals surface area contributed by atoms with Crippen molar-refractivity contribution in [1.82, 2.24) is 0 Å². The molecule has 0 heterocycles. The predicted molar refractivity (Wildman–Crippen MR) is 64.5 cm³/mol. The average Bonchev–Trinajstić information content (AvgIpc) is 2.28. The van der Waals surface area contributed by atoms with Crippen molar-refractivity contribution < 1.29 is 14.6 Å². The fourth-order valence-corrected chi connectivity index (χ4v) is 0.870. The molecular formula is C13H16O3. The summed E-state index contributed by atoms with van der Waals surface area (Å²) in [5.74, 6) is -0.329. The molecule has 0 atom stereocenters. The molecule has 16 heavy (non-hydrogen) atoms. The van der Waals surface area contributed by atoms with Crippen molar-refractivity contribution in [3.8, 4) is 0 Å². The highest BCUT2D eigenvalue weighted by Gasteiger charge is 1.79. The van der Waals surface area contributed by atoms with Crippen molar-refractivity contribution in [1.29, 1.82) is 0 Å². The third kappa shape index (κ3) is 8.72. The van der Waals surface area contributed by atoms with Crippen LogP contribution in [0, 0.1) is 0 Å². The molecule has 1 N–H and O–H groups in total. The topological polar surface area (TPSA) is 46.5 Å². The molecule has 1 aromatic rings. The quantitative estimate of drug-likeness (QED) is 0.628. The first-order valence-corrected chi connectivity index (χ1v) is 4.81. The van der Waals surface area contributed by atoms with E-state index in [0.29, 0.717) is 0 Å². The number of carbonyl (C=O) groups is 1. The van der Waals surface area contributed by atoms with Gasteiger partial charge in [0.05, 0.1) is 12.9 Å². The van der Waals surface area contributed by atoms with Gasteiger partial charge >= 0.3 is 5.97 Å². The van der Waals surface area contributed by atoms with E-state index in [0.717, 1.165) is 11.8 Å². The summed E-state index contributed by atoms with van der Waals surface area (Å²) in [6, 6.07) is 9.89. The Morgan fingerprint density at radius 3 is 2.44 bits per heavy atom. The van der Waals surface area contributed by atoms with E-state index < -0.39 is 0 Å². The molecule has 0 saturated carbocycles. The Morgan fingerprint density at radius 2 is 2.06 bits per heavy atom. The third-order valence-electron chi connectivity index (χ3n) is 1.46. The molecule has 3 nitrogen and oxygen atoms in total. The second kappa shape index (κ2) is 9.68. The lowest BCUT2D eigenvalue weighted by molar-refractivity contribution is -0.135. The Morgan fingerprint density at radius 1 is 1.44 bits per heavy atom. The molecule has 0 spiro atoms. The summed E-state index contributed by atoms with van der Waals surface area (Å²) < 4.78 is 4.17. The van der Waals surface area contributed by atoms with Gasteiger partial charge in [-0.1, -0.05) is 49.1 Å². The average molecular weight is 220 g/mol. The minimum absolute atomic E-state index is 0.106. The third-order valence-corrected chi connectivity index (χ3v) is 1.46. The van der Waals surface area contributed by atoms with Crippen molar-refractivity contribution in [3.05, 3.63) is 54.8 Å². The van der Waals surface area contributed by atoms with Gasteiger partial charge in [-0.3, -0.25) is 4.79 Å². The van der Waals surface area contributed by atoms with Gasteiger partial charge in [0.2, 0.25) is 0 Å². The minimum Gasteiger partial charge on any atom is -0.435 e. The van der Waals surface area contributed by atoms with Crippen LogP contribution in [0.3, 0.4) is 0 Å². The highest BCUT2D eigenvalue weighted by atomic mass is 16.5. The summed E-state index contributed by atoms with van der Waals surface area (Å²) in [4.78, 5) is 9.75. The number of ether oxygens (including phenoxy) is 1. The van der Waals surface area contributed by atoms with Crippen LogP contribution in [0.1, 0.15) is 12.5 Å². The first-order valence-electron chi connectivity index (χ1n) is 4.81. The number of carbonyl (C=O) groups excluding carboxylic acids is 1. The van der Waals surface area contributed by atoms with Crippen LogP contribution in [-0.4, -0.2) is 17.7 Å². The van der Waals surface area contributed by atoms with E-state index in [9.17, 15) is 4.79 Å². The summed E-state index contributed by atoms with van der Waals surface area (Å²) in [5.41, 5.74) is 1.12. The van der Waals surface area contributed by atoms with Gasteiger partial charge < -0.3 is 9.84 Å². The molecule has 0 aliphatic heterocycles. The monoisotopic (exact) mass is 220 g/mol. The molecule has 3 heteroatoms. The van der Waals surface area contributed by atoms with Crippen LogP contribution in [0.4, 0.5) is 0 Å². The fraction of sp³-hybridized carbons (Fsp3) is 0.154. The highest BCUT2D eigenvalue weighted by molar-refractivity contribution is 5.66. The normalized spacial score (nSPS) is 9.12. The molecule has 0 unspecified atom stereocenters. The second-order valence-electron chi connectivity index (χ2n) is 2.77. The van der Waals surface area contributed by atoms with Gasteiger partial charge in [-0.15, -0.1) is 0 Å². The van der Waals surface area contributed by atoms with E-state index >= 15 is 0 Å². The summed E-state index contributed by atoms with van der Waals surface area (Å²) in [6.07, 6.45) is 4.71. The van der Waals surface area contributed by atoms with Gasteiger partial charge in [-0.2, -0.15) is 0 Å². The lowest BCUT2D eigenvalue weighted by atomic mass is 10.2. The van der Waals surface area contributed by atoms with Crippen molar-refractivity contribution in [3.63, 3.8) is 0 Å². The van der Waals surface area contributed by atoms with Crippen LogP contribution in [-0.2, 0) is 9.53 Å². The molecule has 0 bridgehead atoms. The number of aliphatic hydroxyl groups is 1. The predicted octanol–water partition coefficient (Wildman–Crippen LogP) is 2.39. The van der Waals surface area contributed by atoms with Crippen molar-refractivity contribution >= 4 is 12.0 Å². The number of hydrogen-bond donors (Lipinski definition) is 1. The van der Waals surface area contributed by atoms with Crippen molar-refractivity contribution in [2.75, 3.05) is 6.61 Å². The van der Waals surface area contributed by atoms with Gasteiger partial charge in [0, 0.05) is 6.92 Å². The maximum atomic E-state index is 9.75. The maximum Gasteiger partial charge on any atom is 0.307 e. The van der Waals surface area contributed by atoms with Crippen LogP contribution in [0.15, 0.2) is 49.2 Å². The van der Waals surface area contributed by atoms with E-state index in [1.165, 1.54) is 6.92 Å². The Bertz CT molecular complexity index is 328. The Labute approximate surface area is 95.7 Å². The van der Waals surface area contributed by atoms with Crippen LogP contribution in [0.25, 0.3) is 6.08 Å². The van der Waals surface area contributed by atoms with Gasteiger partial charge in [0.15, 0.2) is 0 Å². The van der Waals surface area contributed by atoms with E-state index in [4.69, 9.17) is 5.11 Å². The molecule has 0 radical (unpaired) electrons. The molecule has 0 fully saturated rings. The van der Waals surface area contributed by atoms with E-state index in [2.05, 4.69) is 11.3 Å².